The van der Waals surface area contributed by atoms with E-state index in [2.05, 4.69) is 15.5 Å². The average molecular weight is 269 g/mol. The van der Waals surface area contributed by atoms with Gasteiger partial charge in [-0.05, 0) is 12.8 Å². The third-order valence-corrected chi connectivity index (χ3v) is 3.88. The molecule has 0 radical (unpaired) electrons. The van der Waals surface area contributed by atoms with E-state index < -0.39 is 0 Å². The molecule has 2 rings (SSSR count). The van der Waals surface area contributed by atoms with Crippen LogP contribution in [0.15, 0.2) is 9.64 Å². The van der Waals surface area contributed by atoms with Crippen molar-refractivity contribution in [2.45, 2.75) is 55.9 Å². The van der Waals surface area contributed by atoms with E-state index in [0.717, 1.165) is 25.8 Å². The summed E-state index contributed by atoms with van der Waals surface area (Å²) in [5.74, 6) is 0.687. The van der Waals surface area contributed by atoms with E-state index in [4.69, 9.17) is 4.42 Å². The molecule has 5 nitrogen and oxygen atoms in total. The van der Waals surface area contributed by atoms with Gasteiger partial charge in [0.15, 0.2) is 0 Å². The summed E-state index contributed by atoms with van der Waals surface area (Å²) in [5.41, 5.74) is -0.155. The fraction of sp³-hybridized carbons (Fsp3) is 0.750. The fourth-order valence-electron chi connectivity index (χ4n) is 1.71. The number of thioether (sulfide) groups is 1. The summed E-state index contributed by atoms with van der Waals surface area (Å²) >= 11 is 1.37. The first kappa shape index (κ1) is 13.4. The number of carbonyl (C=O) groups excluding carboxylic acids is 1. The minimum atomic E-state index is -0.155. The second kappa shape index (κ2) is 5.30. The molecule has 1 aliphatic heterocycles. The zero-order chi connectivity index (χ0) is 13.2. The summed E-state index contributed by atoms with van der Waals surface area (Å²) in [6, 6.07) is 0. The van der Waals surface area contributed by atoms with Crippen LogP contribution in [0, 0.1) is 0 Å². The molecular weight excluding hydrogens is 250 g/mol. The maximum atomic E-state index is 11.8. The Kier molecular flexibility index (Phi) is 3.94. The van der Waals surface area contributed by atoms with Crippen LogP contribution in [0.3, 0.4) is 0 Å². The normalized spacial score (nSPS) is 21.5. The van der Waals surface area contributed by atoms with Crippen LogP contribution in [-0.2, 0) is 10.2 Å². The van der Waals surface area contributed by atoms with Crippen molar-refractivity contribution < 1.29 is 9.21 Å². The molecule has 0 aliphatic carbocycles. The minimum Gasteiger partial charge on any atom is -0.415 e. The van der Waals surface area contributed by atoms with Gasteiger partial charge in [0.05, 0.1) is 5.25 Å². The molecule has 100 valence electrons. The summed E-state index contributed by atoms with van der Waals surface area (Å²) in [4.78, 5) is 11.8. The zero-order valence-corrected chi connectivity index (χ0v) is 11.8. The number of nitrogens with one attached hydrogen (secondary N) is 1. The van der Waals surface area contributed by atoms with E-state index in [1.165, 1.54) is 11.8 Å². The van der Waals surface area contributed by atoms with Crippen molar-refractivity contribution in [2.24, 2.45) is 0 Å². The molecule has 1 N–H and O–H groups in total. The molecule has 2 heterocycles. The summed E-state index contributed by atoms with van der Waals surface area (Å²) in [7, 11) is 0. The Morgan fingerprint density at radius 2 is 2.11 bits per heavy atom. The number of hydrogen-bond donors (Lipinski definition) is 1. The van der Waals surface area contributed by atoms with Crippen molar-refractivity contribution in [3.05, 3.63) is 5.89 Å². The maximum absolute atomic E-state index is 11.8. The van der Waals surface area contributed by atoms with Gasteiger partial charge in [0.25, 0.3) is 5.22 Å². The van der Waals surface area contributed by atoms with Gasteiger partial charge in [0.1, 0.15) is 0 Å². The molecule has 0 spiro atoms. The molecule has 0 bridgehead atoms. The van der Waals surface area contributed by atoms with Crippen molar-refractivity contribution in [1.29, 1.82) is 0 Å². The zero-order valence-electron chi connectivity index (χ0n) is 11.0. The first-order valence-electron chi connectivity index (χ1n) is 6.25. The number of amides is 1. The Bertz CT molecular complexity index is 425. The SMILES string of the molecule is CC(C)(C)c1nnc(S[C@@H]2CCCCNC2=O)o1. The van der Waals surface area contributed by atoms with Crippen molar-refractivity contribution in [1.82, 2.24) is 15.5 Å². The third-order valence-electron chi connectivity index (χ3n) is 2.78. The van der Waals surface area contributed by atoms with Gasteiger partial charge in [0, 0.05) is 12.0 Å². The smallest absolute Gasteiger partial charge is 0.277 e. The molecular formula is C12H19N3O2S. The van der Waals surface area contributed by atoms with Gasteiger partial charge in [-0.1, -0.05) is 39.0 Å². The largest absolute Gasteiger partial charge is 0.415 e. The van der Waals surface area contributed by atoms with Crippen LogP contribution in [-0.4, -0.2) is 27.9 Å². The molecule has 1 atom stereocenters. The minimum absolute atomic E-state index is 0.0769. The highest BCUT2D eigenvalue weighted by Crippen LogP contribution is 2.29. The Morgan fingerprint density at radius 1 is 1.33 bits per heavy atom. The van der Waals surface area contributed by atoms with E-state index in [0.29, 0.717) is 11.1 Å². The molecule has 1 amide bonds. The molecule has 1 aromatic rings. The Balaban J connectivity index is 2.04. The standard InChI is InChI=1S/C12H19N3O2S/c1-12(2,3)10-14-15-11(17-10)18-8-6-4-5-7-13-9(8)16/h8H,4-7H2,1-3H3,(H,13,16)/t8-/m1/s1. The van der Waals surface area contributed by atoms with Gasteiger partial charge in [-0.25, -0.2) is 0 Å². The van der Waals surface area contributed by atoms with E-state index >= 15 is 0 Å². The lowest BCUT2D eigenvalue weighted by Gasteiger charge is -2.12. The molecule has 0 aromatic carbocycles. The van der Waals surface area contributed by atoms with E-state index in [1.807, 2.05) is 20.8 Å². The second-order valence-corrected chi connectivity index (χ2v) is 6.67. The van der Waals surface area contributed by atoms with Crippen LogP contribution in [0.2, 0.25) is 0 Å². The van der Waals surface area contributed by atoms with E-state index in [-0.39, 0.29) is 16.6 Å². The first-order chi connectivity index (χ1) is 8.47. The van der Waals surface area contributed by atoms with Gasteiger partial charge in [-0.15, -0.1) is 10.2 Å². The molecule has 1 aromatic heterocycles. The summed E-state index contributed by atoms with van der Waals surface area (Å²) in [6.45, 7) is 6.83. The van der Waals surface area contributed by atoms with Crippen LogP contribution < -0.4 is 5.32 Å². The van der Waals surface area contributed by atoms with Gasteiger partial charge >= 0.3 is 0 Å². The summed E-state index contributed by atoms with van der Waals surface area (Å²) in [6.07, 6.45) is 2.96. The first-order valence-corrected chi connectivity index (χ1v) is 7.13. The number of hydrogen-bond acceptors (Lipinski definition) is 5. The van der Waals surface area contributed by atoms with Crippen molar-refractivity contribution >= 4 is 17.7 Å². The Morgan fingerprint density at radius 3 is 2.78 bits per heavy atom. The van der Waals surface area contributed by atoms with Gasteiger partial charge < -0.3 is 9.73 Å². The third kappa shape index (κ3) is 3.25. The van der Waals surface area contributed by atoms with Crippen LogP contribution in [0.25, 0.3) is 0 Å². The monoisotopic (exact) mass is 269 g/mol. The maximum Gasteiger partial charge on any atom is 0.277 e. The lowest BCUT2D eigenvalue weighted by atomic mass is 9.97. The lowest BCUT2D eigenvalue weighted by molar-refractivity contribution is -0.120. The number of rotatable bonds is 2. The van der Waals surface area contributed by atoms with E-state index in [9.17, 15) is 4.79 Å². The van der Waals surface area contributed by atoms with Crippen molar-refractivity contribution in [3.8, 4) is 0 Å². The van der Waals surface area contributed by atoms with Gasteiger partial charge in [0.2, 0.25) is 11.8 Å². The van der Waals surface area contributed by atoms with Gasteiger partial charge in [-0.2, -0.15) is 0 Å². The van der Waals surface area contributed by atoms with Crippen LogP contribution in [0.5, 0.6) is 0 Å². The highest BCUT2D eigenvalue weighted by molar-refractivity contribution is 8.00. The molecule has 0 unspecified atom stereocenters. The van der Waals surface area contributed by atoms with Crippen molar-refractivity contribution in [3.63, 3.8) is 0 Å². The quantitative estimate of drug-likeness (QED) is 0.890. The van der Waals surface area contributed by atoms with Gasteiger partial charge in [-0.3, -0.25) is 4.79 Å². The summed E-state index contributed by atoms with van der Waals surface area (Å²) in [5, 5.41) is 11.3. The molecule has 1 aliphatic rings. The topological polar surface area (TPSA) is 68.0 Å². The highest BCUT2D eigenvalue weighted by atomic mass is 32.2. The van der Waals surface area contributed by atoms with Crippen LogP contribution >= 0.6 is 11.8 Å². The molecule has 0 saturated carbocycles. The highest BCUT2D eigenvalue weighted by Gasteiger charge is 2.26. The molecule has 1 fully saturated rings. The average Bonchev–Trinajstić information content (AvgIpc) is 2.66. The van der Waals surface area contributed by atoms with Crippen molar-refractivity contribution in [2.75, 3.05) is 6.54 Å². The number of carbonyl (C=O) groups is 1. The lowest BCUT2D eigenvalue weighted by Crippen LogP contribution is -2.30. The predicted octanol–water partition coefficient (Wildman–Crippen LogP) is 2.13. The second-order valence-electron chi connectivity index (χ2n) is 5.52. The van der Waals surface area contributed by atoms with Crippen LogP contribution in [0.1, 0.15) is 45.9 Å². The predicted molar refractivity (Wildman–Crippen MR) is 69.5 cm³/mol. The molecule has 1 saturated heterocycles. The Hall–Kier alpha value is -1.04. The summed E-state index contributed by atoms with van der Waals surface area (Å²) < 4.78 is 5.60. The van der Waals surface area contributed by atoms with E-state index in [1.54, 1.807) is 0 Å². The number of aromatic nitrogens is 2. The Labute approximate surface area is 111 Å². The number of nitrogens with zero attached hydrogens (tertiary/aromatic N) is 2. The molecule has 6 heteroatoms. The molecule has 18 heavy (non-hydrogen) atoms. The fourth-order valence-corrected chi connectivity index (χ4v) is 2.64. The van der Waals surface area contributed by atoms with Crippen LogP contribution in [0.4, 0.5) is 0 Å².